The molecule has 1 aromatic rings. The third-order valence-corrected chi connectivity index (χ3v) is 3.55. The van der Waals surface area contributed by atoms with Crippen LogP contribution in [0.4, 0.5) is 5.69 Å². The standard InChI is InChI=1S/C15H21NO/c1-4-11-9-13(7-8-14(11)16-3)10(2)15(17)12-5-6-12/h7-10,16-17H,4-6H2,1-3H3. The Hall–Kier alpha value is -1.44. The van der Waals surface area contributed by atoms with Crippen LogP contribution in [0.1, 0.15) is 43.7 Å². The van der Waals surface area contributed by atoms with Crippen LogP contribution in [0.2, 0.25) is 0 Å². The van der Waals surface area contributed by atoms with Crippen molar-refractivity contribution < 1.29 is 5.11 Å². The maximum absolute atomic E-state index is 10.1. The smallest absolute Gasteiger partial charge is 0.0986 e. The Kier molecular flexibility index (Phi) is 3.41. The first-order valence-electron chi connectivity index (χ1n) is 6.38. The van der Waals surface area contributed by atoms with E-state index < -0.39 is 0 Å². The number of benzene rings is 1. The summed E-state index contributed by atoms with van der Waals surface area (Å²) in [5.41, 5.74) is 4.93. The predicted molar refractivity (Wildman–Crippen MR) is 72.7 cm³/mol. The molecule has 0 heterocycles. The van der Waals surface area contributed by atoms with Gasteiger partial charge in [0.25, 0.3) is 0 Å². The Bertz CT molecular complexity index is 442. The van der Waals surface area contributed by atoms with Gasteiger partial charge in [0.2, 0.25) is 0 Å². The minimum Gasteiger partial charge on any atom is -0.512 e. The Labute approximate surface area is 103 Å². The summed E-state index contributed by atoms with van der Waals surface area (Å²) in [6.07, 6.45) is 3.16. The second-order valence-electron chi connectivity index (χ2n) is 4.73. The second-order valence-corrected chi connectivity index (χ2v) is 4.73. The lowest BCUT2D eigenvalue weighted by Crippen LogP contribution is -2.01. The van der Waals surface area contributed by atoms with Gasteiger partial charge in [0.15, 0.2) is 0 Å². The van der Waals surface area contributed by atoms with Gasteiger partial charge in [0, 0.05) is 18.7 Å². The molecule has 0 saturated heterocycles. The van der Waals surface area contributed by atoms with Crippen molar-refractivity contribution in [1.82, 2.24) is 0 Å². The highest BCUT2D eigenvalue weighted by Gasteiger charge is 2.22. The molecule has 2 nitrogen and oxygen atoms in total. The highest BCUT2D eigenvalue weighted by atomic mass is 16.3. The average molecular weight is 231 g/mol. The second kappa shape index (κ2) is 4.82. The molecule has 1 saturated carbocycles. The van der Waals surface area contributed by atoms with E-state index in [4.69, 9.17) is 0 Å². The predicted octanol–water partition coefficient (Wildman–Crippen LogP) is 4.00. The molecule has 2 rings (SSSR count). The number of aliphatic hydroxyl groups is 1. The van der Waals surface area contributed by atoms with E-state index in [-0.39, 0.29) is 5.92 Å². The van der Waals surface area contributed by atoms with Gasteiger partial charge < -0.3 is 10.4 Å². The minimum atomic E-state index is 0.128. The van der Waals surface area contributed by atoms with E-state index in [0.29, 0.717) is 5.76 Å². The number of aliphatic hydroxyl groups excluding tert-OH is 1. The zero-order chi connectivity index (χ0) is 12.4. The zero-order valence-electron chi connectivity index (χ0n) is 10.9. The van der Waals surface area contributed by atoms with Crippen LogP contribution >= 0.6 is 0 Å². The topological polar surface area (TPSA) is 32.3 Å². The van der Waals surface area contributed by atoms with Crippen LogP contribution in [0.15, 0.2) is 29.5 Å². The van der Waals surface area contributed by atoms with Crippen molar-refractivity contribution in [2.45, 2.75) is 39.0 Å². The zero-order valence-corrected chi connectivity index (χ0v) is 10.9. The van der Waals surface area contributed by atoms with E-state index in [1.165, 1.54) is 22.4 Å². The molecule has 1 atom stereocenters. The van der Waals surface area contributed by atoms with Gasteiger partial charge in [-0.3, -0.25) is 0 Å². The molecule has 2 N–H and O–H groups in total. The number of aryl methyl sites for hydroxylation is 1. The van der Waals surface area contributed by atoms with Crippen molar-refractivity contribution in [3.8, 4) is 0 Å². The van der Waals surface area contributed by atoms with E-state index in [9.17, 15) is 5.11 Å². The fourth-order valence-corrected chi connectivity index (χ4v) is 2.20. The van der Waals surface area contributed by atoms with E-state index in [0.717, 1.165) is 19.3 Å². The van der Waals surface area contributed by atoms with Crippen LogP contribution in [0, 0.1) is 0 Å². The number of nitrogens with one attached hydrogen (secondary N) is 1. The third kappa shape index (κ3) is 2.46. The Morgan fingerprint density at radius 1 is 1.41 bits per heavy atom. The van der Waals surface area contributed by atoms with Gasteiger partial charge in [-0.2, -0.15) is 0 Å². The van der Waals surface area contributed by atoms with E-state index >= 15 is 0 Å². The van der Waals surface area contributed by atoms with Gasteiger partial charge in [-0.1, -0.05) is 26.0 Å². The number of hydrogen-bond acceptors (Lipinski definition) is 2. The molecule has 1 unspecified atom stereocenters. The highest BCUT2D eigenvalue weighted by molar-refractivity contribution is 5.53. The lowest BCUT2D eigenvalue weighted by Gasteiger charge is -2.15. The number of rotatable bonds is 4. The van der Waals surface area contributed by atoms with Crippen molar-refractivity contribution in [2.75, 3.05) is 12.4 Å². The number of allylic oxidation sites excluding steroid dienone is 2. The van der Waals surface area contributed by atoms with Gasteiger partial charge in [-0.15, -0.1) is 0 Å². The molecular weight excluding hydrogens is 210 g/mol. The molecule has 2 heteroatoms. The summed E-state index contributed by atoms with van der Waals surface area (Å²) in [5.74, 6) is 0.716. The normalized spacial score (nSPS) is 15.6. The Balaban J connectivity index is 2.30. The fraction of sp³-hybridized carbons (Fsp3) is 0.467. The van der Waals surface area contributed by atoms with Crippen molar-refractivity contribution in [3.63, 3.8) is 0 Å². The van der Waals surface area contributed by atoms with Crippen molar-refractivity contribution in [3.05, 3.63) is 40.7 Å². The van der Waals surface area contributed by atoms with Crippen LogP contribution < -0.4 is 5.32 Å². The van der Waals surface area contributed by atoms with Gasteiger partial charge in [-0.05, 0) is 42.0 Å². The molecular formula is C15H21NO. The summed E-state index contributed by atoms with van der Waals surface area (Å²) < 4.78 is 0. The van der Waals surface area contributed by atoms with Gasteiger partial charge in [0.05, 0.1) is 5.76 Å². The molecule has 17 heavy (non-hydrogen) atoms. The summed E-state index contributed by atoms with van der Waals surface area (Å²) in [5, 5.41) is 13.3. The van der Waals surface area contributed by atoms with Crippen molar-refractivity contribution >= 4 is 5.69 Å². The molecule has 1 fully saturated rings. The van der Waals surface area contributed by atoms with Crippen LogP contribution in [-0.2, 0) is 6.42 Å². The molecule has 0 radical (unpaired) electrons. The first-order valence-corrected chi connectivity index (χ1v) is 6.38. The van der Waals surface area contributed by atoms with Crippen LogP contribution in [0.25, 0.3) is 0 Å². The molecule has 92 valence electrons. The summed E-state index contributed by atoms with van der Waals surface area (Å²) in [6.45, 7) is 4.23. The largest absolute Gasteiger partial charge is 0.512 e. The Morgan fingerprint density at radius 2 is 2.12 bits per heavy atom. The van der Waals surface area contributed by atoms with Crippen molar-refractivity contribution in [1.29, 1.82) is 0 Å². The SMILES string of the molecule is CCc1cc(C(C)C(O)=C2CC2)ccc1NC. The summed E-state index contributed by atoms with van der Waals surface area (Å²) in [7, 11) is 1.95. The first kappa shape index (κ1) is 12.0. The van der Waals surface area contributed by atoms with E-state index in [2.05, 4.69) is 37.4 Å². The summed E-state index contributed by atoms with van der Waals surface area (Å²) >= 11 is 0. The van der Waals surface area contributed by atoms with Crippen LogP contribution in [0.3, 0.4) is 0 Å². The lowest BCUT2D eigenvalue weighted by atomic mass is 9.95. The molecule has 0 aromatic heterocycles. The number of hydrogen-bond donors (Lipinski definition) is 2. The van der Waals surface area contributed by atoms with Crippen molar-refractivity contribution in [2.24, 2.45) is 0 Å². The van der Waals surface area contributed by atoms with Crippen LogP contribution in [-0.4, -0.2) is 12.2 Å². The van der Waals surface area contributed by atoms with E-state index in [1.807, 2.05) is 7.05 Å². The van der Waals surface area contributed by atoms with Gasteiger partial charge in [-0.25, -0.2) is 0 Å². The minimum absolute atomic E-state index is 0.128. The number of anilines is 1. The molecule has 1 aliphatic carbocycles. The fourth-order valence-electron chi connectivity index (χ4n) is 2.20. The molecule has 0 aliphatic heterocycles. The third-order valence-electron chi connectivity index (χ3n) is 3.55. The molecule has 0 bridgehead atoms. The monoisotopic (exact) mass is 231 g/mol. The molecule has 0 amide bonds. The lowest BCUT2D eigenvalue weighted by molar-refractivity contribution is 0.372. The molecule has 1 aliphatic rings. The molecule has 0 spiro atoms. The maximum Gasteiger partial charge on any atom is 0.0986 e. The summed E-state index contributed by atoms with van der Waals surface area (Å²) in [6, 6.07) is 6.42. The molecule has 1 aromatic carbocycles. The average Bonchev–Trinajstić information content (AvgIpc) is 3.20. The van der Waals surface area contributed by atoms with Gasteiger partial charge in [0.1, 0.15) is 0 Å². The highest BCUT2D eigenvalue weighted by Crippen LogP contribution is 2.37. The first-order chi connectivity index (χ1) is 8.17. The van der Waals surface area contributed by atoms with Crippen LogP contribution in [0.5, 0.6) is 0 Å². The Morgan fingerprint density at radius 3 is 2.65 bits per heavy atom. The summed E-state index contributed by atoms with van der Waals surface area (Å²) in [4.78, 5) is 0. The quantitative estimate of drug-likeness (QED) is 0.768. The maximum atomic E-state index is 10.1. The van der Waals surface area contributed by atoms with Gasteiger partial charge >= 0.3 is 0 Å². The van der Waals surface area contributed by atoms with E-state index in [1.54, 1.807) is 0 Å².